The van der Waals surface area contributed by atoms with Crippen LogP contribution < -0.4 is 5.32 Å². The van der Waals surface area contributed by atoms with Crippen LogP contribution in [-0.4, -0.2) is 18.6 Å². The Morgan fingerprint density at radius 2 is 2.00 bits per heavy atom. The lowest BCUT2D eigenvalue weighted by Crippen LogP contribution is -2.42. The molecule has 1 aromatic rings. The van der Waals surface area contributed by atoms with E-state index in [0.717, 1.165) is 26.4 Å². The first-order valence-corrected chi connectivity index (χ1v) is 5.81. The van der Waals surface area contributed by atoms with Crippen molar-refractivity contribution in [3.63, 3.8) is 0 Å². The summed E-state index contributed by atoms with van der Waals surface area (Å²) in [7, 11) is 1.13. The number of ether oxygens (including phenoxy) is 1. The van der Waals surface area contributed by atoms with Crippen LogP contribution >= 0.6 is 0 Å². The Bertz CT molecular complexity index is 484. The van der Waals surface area contributed by atoms with Gasteiger partial charge in [0.25, 0.3) is 0 Å². The third-order valence-corrected chi connectivity index (χ3v) is 3.38. The van der Waals surface area contributed by atoms with Crippen LogP contribution in [0.15, 0.2) is 12.1 Å². The molecule has 2 rings (SSSR count). The molecule has 0 bridgehead atoms. The topological polar surface area (TPSA) is 38.3 Å². The molecule has 0 unspecified atom stereocenters. The van der Waals surface area contributed by atoms with Crippen molar-refractivity contribution < 1.29 is 18.3 Å². The van der Waals surface area contributed by atoms with E-state index in [1.165, 1.54) is 12.1 Å². The maximum Gasteiger partial charge on any atom is 0.340 e. The van der Waals surface area contributed by atoms with Crippen molar-refractivity contribution in [3.05, 3.63) is 29.3 Å². The third-order valence-electron chi connectivity index (χ3n) is 3.38. The molecule has 1 N–H and O–H groups in total. The van der Waals surface area contributed by atoms with Gasteiger partial charge in [-0.25, -0.2) is 13.6 Å². The van der Waals surface area contributed by atoms with Gasteiger partial charge in [0.2, 0.25) is 0 Å². The average molecular weight is 255 g/mol. The molecule has 3 nitrogen and oxygen atoms in total. The van der Waals surface area contributed by atoms with E-state index in [9.17, 15) is 13.6 Å². The monoisotopic (exact) mass is 255 g/mol. The normalized spacial score (nSPS) is 16.9. The number of halogens is 2. The highest BCUT2D eigenvalue weighted by Gasteiger charge is 2.32. The lowest BCUT2D eigenvalue weighted by molar-refractivity contribution is 0.0594. The van der Waals surface area contributed by atoms with E-state index in [-0.39, 0.29) is 16.8 Å². The zero-order chi connectivity index (χ0) is 13.3. The fourth-order valence-corrected chi connectivity index (χ4v) is 2.07. The van der Waals surface area contributed by atoms with Crippen molar-refractivity contribution >= 4 is 11.7 Å². The lowest BCUT2D eigenvalue weighted by atomic mass is 9.78. The summed E-state index contributed by atoms with van der Waals surface area (Å²) in [5, 5.41) is 2.98. The minimum Gasteiger partial charge on any atom is -0.465 e. The lowest BCUT2D eigenvalue weighted by Gasteiger charge is -2.40. The van der Waals surface area contributed by atoms with Crippen LogP contribution in [0, 0.1) is 11.6 Å². The minimum absolute atomic E-state index is 0.0855. The van der Waals surface area contributed by atoms with Crippen LogP contribution in [0.2, 0.25) is 0 Å². The number of anilines is 1. The number of rotatable bonds is 3. The van der Waals surface area contributed by atoms with Gasteiger partial charge < -0.3 is 10.1 Å². The van der Waals surface area contributed by atoms with Crippen LogP contribution in [0.3, 0.4) is 0 Å². The Morgan fingerprint density at radius 1 is 1.33 bits per heavy atom. The number of nitrogens with one attached hydrogen (secondary N) is 1. The molecule has 98 valence electrons. The minimum atomic E-state index is -1.17. The van der Waals surface area contributed by atoms with Gasteiger partial charge in [-0.3, -0.25) is 0 Å². The van der Waals surface area contributed by atoms with Crippen LogP contribution in [0.4, 0.5) is 14.5 Å². The van der Waals surface area contributed by atoms with Crippen molar-refractivity contribution in [2.24, 2.45) is 0 Å². The van der Waals surface area contributed by atoms with Gasteiger partial charge >= 0.3 is 5.97 Å². The molecule has 0 aromatic heterocycles. The van der Waals surface area contributed by atoms with Crippen LogP contribution in [0.25, 0.3) is 0 Å². The molecular formula is C13H15F2NO2. The second-order valence-corrected chi connectivity index (χ2v) is 4.82. The van der Waals surface area contributed by atoms with Crippen LogP contribution in [0.5, 0.6) is 0 Å². The van der Waals surface area contributed by atoms with Gasteiger partial charge in [-0.1, -0.05) is 0 Å². The molecule has 0 radical (unpaired) electrons. The third kappa shape index (κ3) is 2.17. The Labute approximate surface area is 104 Å². The molecular weight excluding hydrogens is 240 g/mol. The quantitative estimate of drug-likeness (QED) is 0.843. The Balaban J connectivity index is 2.28. The molecule has 1 aliphatic rings. The summed E-state index contributed by atoms with van der Waals surface area (Å²) >= 11 is 0. The molecule has 1 saturated carbocycles. The molecule has 0 spiro atoms. The summed E-state index contributed by atoms with van der Waals surface area (Å²) in [6, 6.07) is 2.60. The van der Waals surface area contributed by atoms with E-state index in [4.69, 9.17) is 0 Å². The highest BCUT2D eigenvalue weighted by atomic mass is 19.2. The number of carbonyl (C=O) groups is 1. The summed E-state index contributed by atoms with van der Waals surface area (Å²) in [5.74, 6) is -3.09. The molecule has 0 atom stereocenters. The number of hydrogen-bond acceptors (Lipinski definition) is 3. The Morgan fingerprint density at radius 3 is 2.50 bits per heavy atom. The van der Waals surface area contributed by atoms with E-state index in [2.05, 4.69) is 10.1 Å². The van der Waals surface area contributed by atoms with Crippen molar-refractivity contribution in [1.82, 2.24) is 0 Å². The zero-order valence-corrected chi connectivity index (χ0v) is 10.3. The SMILES string of the molecule is COC(=O)c1ccc(NC2(C)CCC2)c(F)c1F. The van der Waals surface area contributed by atoms with Crippen molar-refractivity contribution in [2.45, 2.75) is 31.7 Å². The van der Waals surface area contributed by atoms with E-state index in [1.54, 1.807) is 0 Å². The van der Waals surface area contributed by atoms with E-state index < -0.39 is 17.6 Å². The molecule has 5 heteroatoms. The molecule has 1 aromatic carbocycles. The molecule has 1 aliphatic carbocycles. The standard InChI is InChI=1S/C13H15F2NO2/c1-13(6-3-7-13)16-9-5-4-8(12(17)18-2)10(14)11(9)15/h4-5,16H,3,6-7H2,1-2H3. The number of hydrogen-bond donors (Lipinski definition) is 1. The Hall–Kier alpha value is -1.65. The zero-order valence-electron chi connectivity index (χ0n) is 10.3. The fraction of sp³-hybridized carbons (Fsp3) is 0.462. The molecule has 0 heterocycles. The van der Waals surface area contributed by atoms with Gasteiger partial charge in [-0.05, 0) is 38.3 Å². The smallest absolute Gasteiger partial charge is 0.340 e. The average Bonchev–Trinajstić information content (AvgIpc) is 2.32. The number of methoxy groups -OCH3 is 1. The predicted molar refractivity (Wildman–Crippen MR) is 63.6 cm³/mol. The maximum atomic E-state index is 13.8. The second-order valence-electron chi connectivity index (χ2n) is 4.82. The van der Waals surface area contributed by atoms with Crippen LogP contribution in [0.1, 0.15) is 36.5 Å². The second kappa shape index (κ2) is 4.55. The van der Waals surface area contributed by atoms with Crippen LogP contribution in [-0.2, 0) is 4.74 Å². The first-order valence-electron chi connectivity index (χ1n) is 5.81. The van der Waals surface area contributed by atoms with E-state index >= 15 is 0 Å². The summed E-state index contributed by atoms with van der Waals surface area (Å²) in [6.45, 7) is 1.96. The summed E-state index contributed by atoms with van der Waals surface area (Å²) in [4.78, 5) is 11.2. The number of benzene rings is 1. The number of carbonyl (C=O) groups excluding carboxylic acids is 1. The molecule has 0 aliphatic heterocycles. The summed E-state index contributed by atoms with van der Waals surface area (Å²) < 4.78 is 31.9. The van der Waals surface area contributed by atoms with E-state index in [1.807, 2.05) is 6.92 Å². The van der Waals surface area contributed by atoms with Gasteiger partial charge in [-0.2, -0.15) is 0 Å². The van der Waals surface area contributed by atoms with Gasteiger partial charge in [-0.15, -0.1) is 0 Å². The van der Waals surface area contributed by atoms with Crippen molar-refractivity contribution in [2.75, 3.05) is 12.4 Å². The highest BCUT2D eigenvalue weighted by Crippen LogP contribution is 2.35. The summed E-state index contributed by atoms with van der Waals surface area (Å²) in [6.07, 6.45) is 2.92. The largest absolute Gasteiger partial charge is 0.465 e. The predicted octanol–water partition coefficient (Wildman–Crippen LogP) is 3.11. The Kier molecular flexibility index (Phi) is 3.24. The van der Waals surface area contributed by atoms with Gasteiger partial charge in [0.1, 0.15) is 0 Å². The fourth-order valence-electron chi connectivity index (χ4n) is 2.07. The number of esters is 1. The molecule has 0 saturated heterocycles. The van der Waals surface area contributed by atoms with Crippen molar-refractivity contribution in [3.8, 4) is 0 Å². The maximum absolute atomic E-state index is 13.8. The highest BCUT2D eigenvalue weighted by molar-refractivity contribution is 5.90. The first kappa shape index (κ1) is 12.8. The molecule has 18 heavy (non-hydrogen) atoms. The van der Waals surface area contributed by atoms with Gasteiger partial charge in [0, 0.05) is 5.54 Å². The van der Waals surface area contributed by atoms with Crippen molar-refractivity contribution in [1.29, 1.82) is 0 Å². The first-order chi connectivity index (χ1) is 8.47. The van der Waals surface area contributed by atoms with Gasteiger partial charge in [0.15, 0.2) is 11.6 Å². The molecule has 1 fully saturated rings. The van der Waals surface area contributed by atoms with E-state index in [0.29, 0.717) is 0 Å². The van der Waals surface area contributed by atoms with Gasteiger partial charge in [0.05, 0.1) is 18.4 Å². The summed E-state index contributed by atoms with van der Waals surface area (Å²) in [5.41, 5.74) is -0.485. The molecule has 0 amide bonds.